The van der Waals surface area contributed by atoms with Crippen molar-refractivity contribution in [3.63, 3.8) is 0 Å². The number of likely N-dealkylation sites (tertiary alicyclic amines) is 1. The summed E-state index contributed by atoms with van der Waals surface area (Å²) in [6.45, 7) is 18.1. The molecule has 3 N–H and O–H groups in total. The zero-order valence-electron chi connectivity index (χ0n) is 35.7. The predicted molar refractivity (Wildman–Crippen MR) is 214 cm³/mol. The van der Waals surface area contributed by atoms with E-state index in [1.807, 2.05) is 97.7 Å². The molecule has 1 aliphatic rings. The fourth-order valence-electron chi connectivity index (χ4n) is 7.91. The third kappa shape index (κ3) is 12.7. The maximum atomic E-state index is 14.3. The molecule has 0 radical (unpaired) electrons. The van der Waals surface area contributed by atoms with Crippen LogP contribution in [0.25, 0.3) is 0 Å². The third-order valence-electron chi connectivity index (χ3n) is 11.5. The van der Waals surface area contributed by atoms with Gasteiger partial charge in [-0.25, -0.2) is 4.79 Å². The van der Waals surface area contributed by atoms with Crippen molar-refractivity contribution in [3.05, 3.63) is 35.9 Å². The number of rotatable bonds is 22. The summed E-state index contributed by atoms with van der Waals surface area (Å²) in [5.74, 6) is -3.21. The van der Waals surface area contributed by atoms with E-state index in [0.717, 1.165) is 12.0 Å². The van der Waals surface area contributed by atoms with Gasteiger partial charge in [0.05, 0.1) is 42.7 Å². The lowest BCUT2D eigenvalue weighted by Gasteiger charge is -2.41. The normalized spacial score (nSPS) is 19.1. The van der Waals surface area contributed by atoms with E-state index in [4.69, 9.17) is 9.47 Å². The number of carboxylic acids is 1. The fraction of sp³-hybridized carbons (Fsp3) is 0.738. The minimum absolute atomic E-state index is 0.0118. The molecule has 2 rings (SSSR count). The summed E-state index contributed by atoms with van der Waals surface area (Å²) in [6, 6.07) is 6.00. The molecule has 0 aromatic heterocycles. The van der Waals surface area contributed by atoms with Crippen molar-refractivity contribution in [2.24, 2.45) is 23.7 Å². The minimum Gasteiger partial charge on any atom is -0.480 e. The van der Waals surface area contributed by atoms with Crippen LogP contribution in [0.4, 0.5) is 0 Å². The van der Waals surface area contributed by atoms with Crippen LogP contribution in [-0.4, -0.2) is 133 Å². The first-order valence-electron chi connectivity index (χ1n) is 20.0. The zero-order chi connectivity index (χ0) is 41.7. The molecule has 4 amide bonds. The Bertz CT molecular complexity index is 1390. The molecule has 55 heavy (non-hydrogen) atoms. The maximum Gasteiger partial charge on any atom is 0.326 e. The molecule has 1 aliphatic heterocycles. The molecule has 1 heterocycles. The second-order valence-corrected chi connectivity index (χ2v) is 16.4. The van der Waals surface area contributed by atoms with Gasteiger partial charge in [0.2, 0.25) is 23.6 Å². The van der Waals surface area contributed by atoms with Crippen LogP contribution >= 0.6 is 0 Å². The molecule has 1 aromatic rings. The van der Waals surface area contributed by atoms with Crippen LogP contribution in [0, 0.1) is 23.7 Å². The number of methoxy groups -OCH3 is 2. The van der Waals surface area contributed by atoms with Crippen LogP contribution in [-0.2, 0) is 39.9 Å². The summed E-state index contributed by atoms with van der Waals surface area (Å²) in [7, 11) is 6.69. The first-order valence-corrected chi connectivity index (χ1v) is 20.0. The molecule has 13 nitrogen and oxygen atoms in total. The zero-order valence-corrected chi connectivity index (χ0v) is 35.7. The smallest absolute Gasteiger partial charge is 0.326 e. The van der Waals surface area contributed by atoms with E-state index >= 15 is 0 Å². The van der Waals surface area contributed by atoms with Crippen molar-refractivity contribution in [2.45, 2.75) is 143 Å². The summed E-state index contributed by atoms with van der Waals surface area (Å²) in [6.07, 6.45) is 0.808. The van der Waals surface area contributed by atoms with Gasteiger partial charge in [-0.05, 0) is 57.1 Å². The highest BCUT2D eigenvalue weighted by atomic mass is 16.5. The highest BCUT2D eigenvalue weighted by Gasteiger charge is 2.43. The number of hydrogen-bond acceptors (Lipinski definition) is 8. The number of ether oxygens (including phenoxy) is 2. The Hall–Kier alpha value is -3.55. The average Bonchev–Trinajstić information content (AvgIpc) is 3.62. The highest BCUT2D eigenvalue weighted by Crippen LogP contribution is 2.30. The largest absolute Gasteiger partial charge is 0.480 e. The standard InChI is InChI=1S/C42H71N5O8/c1-14-28(8)37(46(11)41(51)35(25(2)3)44-40(50)36(26(4)5)45(10)27(6)7)33(54-12)24-34(48)47-22-18-21-32(47)38(55-13)29(9)39(49)43-31(42(52)53)23-30-19-16-15-17-20-30/h15-17,19-20,25-29,31-33,35-38H,14,18,21-24H2,1-13H3,(H,43,49)(H,44,50)(H,52,53)/t28-,29+,31-,32?,33+,35-,36-,37?,38+/m0/s1. The van der Waals surface area contributed by atoms with Crippen molar-refractivity contribution in [1.29, 1.82) is 0 Å². The van der Waals surface area contributed by atoms with Crippen LogP contribution in [0.15, 0.2) is 30.3 Å². The molecular formula is C42H71N5O8. The quantitative estimate of drug-likeness (QED) is 0.157. The van der Waals surface area contributed by atoms with Gasteiger partial charge in [0.15, 0.2) is 0 Å². The molecule has 13 heteroatoms. The third-order valence-corrected chi connectivity index (χ3v) is 11.5. The topological polar surface area (TPSA) is 158 Å². The summed E-state index contributed by atoms with van der Waals surface area (Å²) in [5, 5.41) is 15.7. The highest BCUT2D eigenvalue weighted by molar-refractivity contribution is 5.90. The van der Waals surface area contributed by atoms with Crippen LogP contribution in [0.1, 0.15) is 93.6 Å². The van der Waals surface area contributed by atoms with Gasteiger partial charge in [-0.3, -0.25) is 24.1 Å². The van der Waals surface area contributed by atoms with Gasteiger partial charge in [0.1, 0.15) is 12.1 Å². The van der Waals surface area contributed by atoms with E-state index < -0.39 is 60.2 Å². The van der Waals surface area contributed by atoms with Gasteiger partial charge in [0, 0.05) is 40.3 Å². The Morgan fingerprint density at radius 1 is 0.891 bits per heavy atom. The number of carboxylic acid groups (broad SMARTS) is 1. The van der Waals surface area contributed by atoms with Gasteiger partial charge in [-0.15, -0.1) is 0 Å². The first-order chi connectivity index (χ1) is 25.8. The van der Waals surface area contributed by atoms with Crippen LogP contribution in [0.5, 0.6) is 0 Å². The Morgan fingerprint density at radius 3 is 2.00 bits per heavy atom. The van der Waals surface area contributed by atoms with Crippen LogP contribution in [0.2, 0.25) is 0 Å². The Kier molecular flexibility index (Phi) is 19.3. The maximum absolute atomic E-state index is 14.3. The second kappa shape index (κ2) is 22.3. The number of aliphatic carboxylic acids is 1. The molecule has 1 aromatic carbocycles. The Morgan fingerprint density at radius 2 is 1.51 bits per heavy atom. The van der Waals surface area contributed by atoms with Gasteiger partial charge < -0.3 is 35.0 Å². The summed E-state index contributed by atoms with van der Waals surface area (Å²) in [4.78, 5) is 73.3. The van der Waals surface area contributed by atoms with Gasteiger partial charge in [-0.2, -0.15) is 0 Å². The number of amides is 4. The van der Waals surface area contributed by atoms with E-state index in [1.54, 1.807) is 30.9 Å². The molecule has 1 fully saturated rings. The van der Waals surface area contributed by atoms with E-state index in [2.05, 4.69) is 10.6 Å². The molecule has 1 saturated heterocycles. The van der Waals surface area contributed by atoms with E-state index in [9.17, 15) is 29.1 Å². The number of likely N-dealkylation sites (N-methyl/N-ethyl adjacent to an activating group) is 2. The molecule has 0 aliphatic carbocycles. The molecule has 0 saturated carbocycles. The van der Waals surface area contributed by atoms with Crippen molar-refractivity contribution in [3.8, 4) is 0 Å². The molecule has 0 bridgehead atoms. The van der Waals surface area contributed by atoms with E-state index in [1.165, 1.54) is 7.11 Å². The van der Waals surface area contributed by atoms with Crippen molar-refractivity contribution < 1.29 is 38.6 Å². The lowest BCUT2D eigenvalue weighted by molar-refractivity contribution is -0.148. The van der Waals surface area contributed by atoms with Crippen molar-refractivity contribution in [1.82, 2.24) is 25.3 Å². The summed E-state index contributed by atoms with van der Waals surface area (Å²) >= 11 is 0. The number of carbonyl (C=O) groups excluding carboxylic acids is 4. The average molecular weight is 774 g/mol. The number of nitrogens with one attached hydrogen (secondary N) is 2. The van der Waals surface area contributed by atoms with Crippen LogP contribution in [0.3, 0.4) is 0 Å². The van der Waals surface area contributed by atoms with E-state index in [-0.39, 0.29) is 54.4 Å². The van der Waals surface area contributed by atoms with Crippen LogP contribution < -0.4 is 10.6 Å². The second-order valence-electron chi connectivity index (χ2n) is 16.4. The molecule has 312 valence electrons. The molecule has 0 spiro atoms. The summed E-state index contributed by atoms with van der Waals surface area (Å²) in [5.41, 5.74) is 0.785. The minimum atomic E-state index is -1.14. The predicted octanol–water partition coefficient (Wildman–Crippen LogP) is 4.22. The molecule has 2 unspecified atom stereocenters. The van der Waals surface area contributed by atoms with E-state index in [0.29, 0.717) is 19.4 Å². The van der Waals surface area contributed by atoms with Crippen molar-refractivity contribution in [2.75, 3.05) is 34.9 Å². The molecular weight excluding hydrogens is 702 g/mol. The fourth-order valence-corrected chi connectivity index (χ4v) is 7.91. The Labute approximate surface area is 330 Å². The number of nitrogens with zero attached hydrogens (tertiary/aromatic N) is 3. The SMILES string of the molecule is CC[C@H](C)C([C@@H](CC(=O)N1CCCC1[C@H](OC)[C@@H](C)C(=O)N[C@@H](Cc1ccccc1)C(=O)O)OC)N(C)C(=O)[C@@H](NC(=O)[C@H](C(C)C)N(C)C(C)C)C(C)C. The number of carbonyl (C=O) groups is 5. The lowest BCUT2D eigenvalue weighted by Crippen LogP contribution is -2.60. The van der Waals surface area contributed by atoms with Gasteiger partial charge in [0.25, 0.3) is 0 Å². The number of hydrogen-bond donors (Lipinski definition) is 3. The van der Waals surface area contributed by atoms with Crippen molar-refractivity contribution >= 4 is 29.6 Å². The monoisotopic (exact) mass is 774 g/mol. The molecule has 9 atom stereocenters. The lowest BCUT2D eigenvalue weighted by atomic mass is 9.89. The Balaban J connectivity index is 2.29. The van der Waals surface area contributed by atoms with Gasteiger partial charge in [-0.1, -0.05) is 85.2 Å². The number of benzene rings is 1. The first kappa shape index (κ1) is 47.6. The summed E-state index contributed by atoms with van der Waals surface area (Å²) < 4.78 is 11.9. The van der Waals surface area contributed by atoms with Gasteiger partial charge >= 0.3 is 5.97 Å².